The second-order valence-corrected chi connectivity index (χ2v) is 8.03. The van der Waals surface area contributed by atoms with Crippen LogP contribution < -0.4 is 0 Å². The lowest BCUT2D eigenvalue weighted by Crippen LogP contribution is -2.45. The van der Waals surface area contributed by atoms with Gasteiger partial charge >= 0.3 is 0 Å². The second-order valence-electron chi connectivity index (χ2n) is 8.03. The van der Waals surface area contributed by atoms with Gasteiger partial charge in [-0.25, -0.2) is 4.39 Å². The number of pyridine rings is 1. The number of likely N-dealkylation sites (N-methyl/N-ethyl adjacent to an activating group) is 1. The summed E-state index contributed by atoms with van der Waals surface area (Å²) in [5, 5.41) is 0. The van der Waals surface area contributed by atoms with Crippen molar-refractivity contribution in [1.29, 1.82) is 0 Å². The third-order valence-electron chi connectivity index (χ3n) is 6.24. The Morgan fingerprint density at radius 3 is 2.60 bits per heavy atom. The van der Waals surface area contributed by atoms with E-state index in [-0.39, 0.29) is 30.4 Å². The molecule has 0 radical (unpaired) electrons. The number of aromatic nitrogens is 1. The van der Waals surface area contributed by atoms with Gasteiger partial charge in [-0.15, -0.1) is 0 Å². The molecule has 156 valence electrons. The molecule has 0 saturated carbocycles. The fraction of sp³-hybridized carbons (Fsp3) is 0.391. The minimum absolute atomic E-state index is 0.104. The van der Waals surface area contributed by atoms with Crippen LogP contribution in [0.4, 0.5) is 4.39 Å². The summed E-state index contributed by atoms with van der Waals surface area (Å²) in [6.07, 6.45) is 3.85. The van der Waals surface area contributed by atoms with Crippen LogP contribution in [0, 0.1) is 5.82 Å². The predicted octanol–water partition coefficient (Wildman–Crippen LogP) is 2.99. The first-order chi connectivity index (χ1) is 14.4. The van der Waals surface area contributed by atoms with E-state index in [9.17, 15) is 18.8 Å². The molecule has 6 nitrogen and oxygen atoms in total. The van der Waals surface area contributed by atoms with Crippen LogP contribution in [0.3, 0.4) is 0 Å². The average Bonchev–Trinajstić information content (AvgIpc) is 2.98. The number of imide groups is 1. The maximum atomic E-state index is 14.7. The third kappa shape index (κ3) is 3.38. The summed E-state index contributed by atoms with van der Waals surface area (Å²) >= 11 is 0. The SMILES string of the molecule is CN1C(=O)CC(CC(=O)N2CCCCC2c2ccccn2)(c2ccccc2F)C1=O. The summed E-state index contributed by atoms with van der Waals surface area (Å²) in [7, 11) is 1.38. The zero-order valence-electron chi connectivity index (χ0n) is 16.9. The van der Waals surface area contributed by atoms with Crippen LogP contribution in [-0.2, 0) is 19.8 Å². The first-order valence-electron chi connectivity index (χ1n) is 10.2. The number of halogens is 1. The van der Waals surface area contributed by atoms with Crippen LogP contribution in [0.2, 0.25) is 0 Å². The van der Waals surface area contributed by atoms with E-state index < -0.39 is 23.0 Å². The minimum atomic E-state index is -1.51. The van der Waals surface area contributed by atoms with Gasteiger partial charge in [-0.3, -0.25) is 24.3 Å². The standard InChI is InChI=1S/C23H24FN3O3/c1-26-20(28)14-23(22(26)30,16-8-2-3-9-17(16)24)15-21(29)27-13-7-5-11-19(27)18-10-4-6-12-25-18/h2-4,6,8-10,12,19H,5,7,11,13-15H2,1H3. The zero-order chi connectivity index (χ0) is 21.3. The lowest BCUT2D eigenvalue weighted by molar-refractivity contribution is -0.143. The predicted molar refractivity (Wildman–Crippen MR) is 108 cm³/mol. The van der Waals surface area contributed by atoms with Crippen molar-refractivity contribution in [2.24, 2.45) is 0 Å². The lowest BCUT2D eigenvalue weighted by atomic mass is 9.75. The van der Waals surface area contributed by atoms with Gasteiger partial charge < -0.3 is 4.90 Å². The highest BCUT2D eigenvalue weighted by atomic mass is 19.1. The van der Waals surface area contributed by atoms with Crippen molar-refractivity contribution in [3.63, 3.8) is 0 Å². The summed E-state index contributed by atoms with van der Waals surface area (Å²) in [6, 6.07) is 11.3. The van der Waals surface area contributed by atoms with E-state index in [2.05, 4.69) is 4.98 Å². The Hall–Kier alpha value is -3.09. The van der Waals surface area contributed by atoms with E-state index in [1.54, 1.807) is 17.2 Å². The second kappa shape index (κ2) is 7.97. The van der Waals surface area contributed by atoms with Gasteiger partial charge in [-0.1, -0.05) is 24.3 Å². The van der Waals surface area contributed by atoms with Crippen LogP contribution in [0.25, 0.3) is 0 Å². The third-order valence-corrected chi connectivity index (χ3v) is 6.24. The van der Waals surface area contributed by atoms with Gasteiger partial charge in [0.25, 0.3) is 0 Å². The van der Waals surface area contributed by atoms with Crippen LogP contribution in [0.1, 0.15) is 49.4 Å². The number of carbonyl (C=O) groups excluding carboxylic acids is 3. The zero-order valence-corrected chi connectivity index (χ0v) is 16.9. The van der Waals surface area contributed by atoms with E-state index in [0.29, 0.717) is 6.54 Å². The van der Waals surface area contributed by atoms with Gasteiger partial charge in [-0.05, 0) is 37.5 Å². The molecule has 0 aliphatic carbocycles. The normalized spacial score (nSPS) is 24.4. The Bertz CT molecular complexity index is 981. The highest BCUT2D eigenvalue weighted by Crippen LogP contribution is 2.42. The van der Waals surface area contributed by atoms with Crippen molar-refractivity contribution in [1.82, 2.24) is 14.8 Å². The van der Waals surface area contributed by atoms with E-state index in [1.807, 2.05) is 18.2 Å². The van der Waals surface area contributed by atoms with E-state index in [0.717, 1.165) is 29.9 Å². The van der Waals surface area contributed by atoms with E-state index in [1.165, 1.54) is 25.2 Å². The molecule has 3 heterocycles. The minimum Gasteiger partial charge on any atom is -0.334 e. The van der Waals surface area contributed by atoms with Crippen LogP contribution in [0.15, 0.2) is 48.7 Å². The molecule has 1 aromatic heterocycles. The topological polar surface area (TPSA) is 70.6 Å². The summed E-state index contributed by atoms with van der Waals surface area (Å²) in [4.78, 5) is 46.1. The molecular formula is C23H24FN3O3. The molecule has 2 aromatic rings. The summed E-state index contributed by atoms with van der Waals surface area (Å²) in [6.45, 7) is 0.547. The smallest absolute Gasteiger partial charge is 0.240 e. The molecular weight excluding hydrogens is 385 g/mol. The first-order valence-corrected chi connectivity index (χ1v) is 10.2. The summed E-state index contributed by atoms with van der Waals surface area (Å²) in [5.74, 6) is -1.78. The van der Waals surface area contributed by atoms with Gasteiger partial charge in [0.2, 0.25) is 17.7 Å². The van der Waals surface area contributed by atoms with E-state index >= 15 is 0 Å². The molecule has 2 aliphatic heterocycles. The van der Waals surface area contributed by atoms with Crippen molar-refractivity contribution in [3.8, 4) is 0 Å². The van der Waals surface area contributed by atoms with Crippen molar-refractivity contribution < 1.29 is 18.8 Å². The number of amides is 3. The molecule has 0 bridgehead atoms. The number of rotatable bonds is 4. The van der Waals surface area contributed by atoms with Crippen LogP contribution in [-0.4, -0.2) is 46.1 Å². The average molecular weight is 409 g/mol. The van der Waals surface area contributed by atoms with Crippen LogP contribution >= 0.6 is 0 Å². The van der Waals surface area contributed by atoms with Crippen molar-refractivity contribution in [3.05, 3.63) is 65.7 Å². The van der Waals surface area contributed by atoms with E-state index in [4.69, 9.17) is 0 Å². The molecule has 4 rings (SSSR count). The molecule has 2 aliphatic rings. The van der Waals surface area contributed by atoms with Crippen molar-refractivity contribution in [2.45, 2.75) is 43.6 Å². The Labute approximate surface area is 174 Å². The molecule has 1 aromatic carbocycles. The fourth-order valence-corrected chi connectivity index (χ4v) is 4.65. The Morgan fingerprint density at radius 1 is 1.17 bits per heavy atom. The van der Waals surface area contributed by atoms with Crippen LogP contribution in [0.5, 0.6) is 0 Å². The number of nitrogens with zero attached hydrogens (tertiary/aromatic N) is 3. The highest BCUT2D eigenvalue weighted by molar-refractivity contribution is 6.10. The Morgan fingerprint density at radius 2 is 1.93 bits per heavy atom. The maximum absolute atomic E-state index is 14.7. The highest BCUT2D eigenvalue weighted by Gasteiger charge is 2.54. The Balaban J connectivity index is 1.70. The monoisotopic (exact) mass is 409 g/mol. The largest absolute Gasteiger partial charge is 0.334 e. The van der Waals surface area contributed by atoms with Gasteiger partial charge in [0.15, 0.2) is 0 Å². The van der Waals surface area contributed by atoms with Gasteiger partial charge in [-0.2, -0.15) is 0 Å². The quantitative estimate of drug-likeness (QED) is 0.728. The molecule has 7 heteroatoms. The Kier molecular flexibility index (Phi) is 5.37. The molecule has 2 unspecified atom stereocenters. The number of hydrogen-bond donors (Lipinski definition) is 0. The molecule has 0 N–H and O–H groups in total. The summed E-state index contributed by atoms with van der Waals surface area (Å²) < 4.78 is 14.7. The fourth-order valence-electron chi connectivity index (χ4n) is 4.65. The van der Waals surface area contributed by atoms with Gasteiger partial charge in [0.05, 0.1) is 17.2 Å². The molecule has 2 fully saturated rings. The van der Waals surface area contributed by atoms with Gasteiger partial charge in [0, 0.05) is 38.2 Å². The maximum Gasteiger partial charge on any atom is 0.240 e. The van der Waals surface area contributed by atoms with Crippen molar-refractivity contribution >= 4 is 17.7 Å². The molecule has 3 amide bonds. The van der Waals surface area contributed by atoms with Crippen molar-refractivity contribution in [2.75, 3.05) is 13.6 Å². The molecule has 2 atom stereocenters. The number of likely N-dealkylation sites (tertiary alicyclic amines) is 2. The number of benzene rings is 1. The number of hydrogen-bond acceptors (Lipinski definition) is 4. The summed E-state index contributed by atoms with van der Waals surface area (Å²) in [5.41, 5.74) is -0.607. The lowest BCUT2D eigenvalue weighted by Gasteiger charge is -2.37. The first kappa shape index (κ1) is 20.2. The molecule has 0 spiro atoms. The van der Waals surface area contributed by atoms with Gasteiger partial charge in [0.1, 0.15) is 5.82 Å². The number of piperidine rings is 1. The number of carbonyl (C=O) groups is 3. The molecule has 30 heavy (non-hydrogen) atoms. The molecule has 2 saturated heterocycles.